The maximum Gasteiger partial charge on any atom is 0.318 e. The third kappa shape index (κ3) is 9.07. The van der Waals surface area contributed by atoms with E-state index in [1.165, 1.54) is 11.8 Å². The number of rotatable bonds is 6. The smallest absolute Gasteiger partial charge is 0.318 e. The van der Waals surface area contributed by atoms with E-state index in [1.54, 1.807) is 6.92 Å². The number of carbonyl (C=O) groups is 3. The van der Waals surface area contributed by atoms with Crippen molar-refractivity contribution in [3.63, 3.8) is 0 Å². The highest BCUT2D eigenvalue weighted by Gasteiger charge is 2.09. The maximum atomic E-state index is 10.9. The minimum absolute atomic E-state index is 0.0520. The molecule has 7 heteroatoms. The number of carboxylic acids is 1. The number of imide groups is 1. The van der Waals surface area contributed by atoms with Crippen LogP contribution in [0.15, 0.2) is 0 Å². The lowest BCUT2D eigenvalue weighted by molar-refractivity contribution is -0.136. The first-order chi connectivity index (χ1) is 6.91. The van der Waals surface area contributed by atoms with Crippen LogP contribution in [0.5, 0.6) is 0 Å². The number of primary amides is 1. The number of nitrogens with one attached hydrogen (secondary N) is 1. The predicted molar refractivity (Wildman–Crippen MR) is 56.5 cm³/mol. The summed E-state index contributed by atoms with van der Waals surface area (Å²) >= 11 is 1.37. The van der Waals surface area contributed by atoms with Crippen molar-refractivity contribution >= 4 is 29.7 Å². The Bertz CT molecular complexity index is 257. The quantitative estimate of drug-likeness (QED) is 0.606. The molecule has 0 bridgehead atoms. The fourth-order valence-corrected chi connectivity index (χ4v) is 1.82. The lowest BCUT2D eigenvalue weighted by Crippen LogP contribution is -2.35. The Hall–Kier alpha value is -1.24. The van der Waals surface area contributed by atoms with Gasteiger partial charge in [-0.3, -0.25) is 14.9 Å². The summed E-state index contributed by atoms with van der Waals surface area (Å²) in [5.74, 6) is -0.845. The van der Waals surface area contributed by atoms with Crippen molar-refractivity contribution in [2.45, 2.75) is 25.0 Å². The molecule has 6 nitrogen and oxygen atoms in total. The third-order valence-electron chi connectivity index (χ3n) is 1.46. The average Bonchev–Trinajstić information content (AvgIpc) is 2.00. The van der Waals surface area contributed by atoms with Crippen LogP contribution >= 0.6 is 11.8 Å². The molecule has 1 atom stereocenters. The van der Waals surface area contributed by atoms with Crippen molar-refractivity contribution < 1.29 is 19.5 Å². The molecule has 0 heterocycles. The van der Waals surface area contributed by atoms with E-state index in [0.29, 0.717) is 5.75 Å². The lowest BCUT2D eigenvalue weighted by Gasteiger charge is -2.07. The molecular formula is C8H14N2O4S. The number of aliphatic carboxylic acids is 1. The molecule has 0 aliphatic heterocycles. The molecule has 4 N–H and O–H groups in total. The van der Waals surface area contributed by atoms with Crippen molar-refractivity contribution in [1.82, 2.24) is 5.32 Å². The molecule has 0 spiro atoms. The Morgan fingerprint density at radius 1 is 1.47 bits per heavy atom. The molecule has 3 amide bonds. The van der Waals surface area contributed by atoms with Gasteiger partial charge < -0.3 is 10.8 Å². The van der Waals surface area contributed by atoms with Crippen LogP contribution in [-0.4, -0.2) is 34.0 Å². The zero-order valence-electron chi connectivity index (χ0n) is 8.36. The van der Waals surface area contributed by atoms with Crippen LogP contribution in [0.2, 0.25) is 0 Å². The minimum Gasteiger partial charge on any atom is -0.481 e. The number of hydrogen-bond donors (Lipinski definition) is 3. The van der Waals surface area contributed by atoms with Crippen molar-refractivity contribution in [2.75, 3.05) is 5.75 Å². The first kappa shape index (κ1) is 13.8. The second-order valence-electron chi connectivity index (χ2n) is 2.94. The average molecular weight is 234 g/mol. The van der Waals surface area contributed by atoms with Gasteiger partial charge in [0.1, 0.15) is 0 Å². The van der Waals surface area contributed by atoms with Crippen LogP contribution in [0.1, 0.15) is 19.8 Å². The monoisotopic (exact) mass is 234 g/mol. The highest BCUT2D eigenvalue weighted by atomic mass is 32.2. The summed E-state index contributed by atoms with van der Waals surface area (Å²) in [5.41, 5.74) is 4.74. The molecule has 86 valence electrons. The van der Waals surface area contributed by atoms with Crippen LogP contribution in [0.25, 0.3) is 0 Å². The summed E-state index contributed by atoms with van der Waals surface area (Å²) in [6.07, 6.45) is 0.208. The lowest BCUT2D eigenvalue weighted by atomic mass is 10.3. The largest absolute Gasteiger partial charge is 0.481 e. The molecule has 0 aliphatic carbocycles. The van der Waals surface area contributed by atoms with Gasteiger partial charge in [-0.1, -0.05) is 6.92 Å². The van der Waals surface area contributed by atoms with E-state index in [1.807, 2.05) is 5.32 Å². The van der Waals surface area contributed by atoms with Crippen molar-refractivity contribution in [3.05, 3.63) is 0 Å². The van der Waals surface area contributed by atoms with Gasteiger partial charge in [-0.25, -0.2) is 4.79 Å². The molecule has 0 radical (unpaired) electrons. The molecule has 15 heavy (non-hydrogen) atoms. The zero-order valence-corrected chi connectivity index (χ0v) is 9.17. The third-order valence-corrected chi connectivity index (χ3v) is 2.63. The Kier molecular flexibility index (Phi) is 6.52. The summed E-state index contributed by atoms with van der Waals surface area (Å²) in [6, 6.07) is -0.872. The molecule has 0 fully saturated rings. The first-order valence-corrected chi connectivity index (χ1v) is 5.39. The Morgan fingerprint density at radius 2 is 2.07 bits per heavy atom. The molecule has 0 aliphatic rings. The molecule has 0 saturated carbocycles. The standard InChI is InChI=1S/C8H14N2O4S/c1-5(4-7(12)13)15-3-2-6(11)10-8(9)14/h5H,2-4H2,1H3,(H,12,13)(H3,9,10,11,14). The van der Waals surface area contributed by atoms with Crippen LogP contribution in [0.4, 0.5) is 4.79 Å². The van der Waals surface area contributed by atoms with Gasteiger partial charge in [-0.2, -0.15) is 11.8 Å². The number of carboxylic acid groups (broad SMARTS) is 1. The van der Waals surface area contributed by atoms with Gasteiger partial charge in [0.2, 0.25) is 5.91 Å². The number of amides is 3. The predicted octanol–water partition coefficient (Wildman–Crippen LogP) is 0.168. The molecule has 0 rings (SSSR count). The van der Waals surface area contributed by atoms with E-state index in [0.717, 1.165) is 0 Å². The SMILES string of the molecule is CC(CC(=O)O)SCCC(=O)NC(N)=O. The molecule has 0 saturated heterocycles. The van der Waals surface area contributed by atoms with E-state index >= 15 is 0 Å². The van der Waals surface area contributed by atoms with Gasteiger partial charge in [0, 0.05) is 17.4 Å². The van der Waals surface area contributed by atoms with Crippen LogP contribution in [-0.2, 0) is 9.59 Å². The number of carbonyl (C=O) groups excluding carboxylic acids is 2. The number of thioether (sulfide) groups is 1. The van der Waals surface area contributed by atoms with Gasteiger partial charge in [0.25, 0.3) is 0 Å². The van der Waals surface area contributed by atoms with Crippen molar-refractivity contribution in [2.24, 2.45) is 5.73 Å². The van der Waals surface area contributed by atoms with Gasteiger partial charge in [0.05, 0.1) is 6.42 Å². The molecule has 0 aromatic carbocycles. The number of nitrogens with two attached hydrogens (primary N) is 1. The zero-order chi connectivity index (χ0) is 11.8. The molecule has 0 aromatic heterocycles. The number of hydrogen-bond acceptors (Lipinski definition) is 4. The summed E-state index contributed by atoms with van der Waals surface area (Å²) in [5, 5.41) is 10.3. The van der Waals surface area contributed by atoms with Gasteiger partial charge in [-0.15, -0.1) is 0 Å². The molecule has 0 aromatic rings. The second-order valence-corrected chi connectivity index (χ2v) is 4.49. The van der Waals surface area contributed by atoms with E-state index in [4.69, 9.17) is 10.8 Å². The second kappa shape index (κ2) is 7.10. The number of urea groups is 1. The van der Waals surface area contributed by atoms with Gasteiger partial charge in [0.15, 0.2) is 0 Å². The maximum absolute atomic E-state index is 10.9. The topological polar surface area (TPSA) is 109 Å². The minimum atomic E-state index is -0.872. The van der Waals surface area contributed by atoms with Crippen molar-refractivity contribution in [3.8, 4) is 0 Å². The Balaban J connectivity index is 3.56. The summed E-state index contributed by atoms with van der Waals surface area (Å²) < 4.78 is 0. The van der Waals surface area contributed by atoms with E-state index in [2.05, 4.69) is 0 Å². The highest BCUT2D eigenvalue weighted by Crippen LogP contribution is 2.14. The fraction of sp³-hybridized carbons (Fsp3) is 0.625. The van der Waals surface area contributed by atoms with Gasteiger partial charge in [-0.05, 0) is 0 Å². The highest BCUT2D eigenvalue weighted by molar-refractivity contribution is 7.99. The van der Waals surface area contributed by atoms with Gasteiger partial charge >= 0.3 is 12.0 Å². The normalized spacial score (nSPS) is 11.8. The van der Waals surface area contributed by atoms with Crippen LogP contribution < -0.4 is 11.1 Å². The fourth-order valence-electron chi connectivity index (χ4n) is 0.858. The first-order valence-electron chi connectivity index (χ1n) is 4.34. The Labute approximate surface area is 91.6 Å². The van der Waals surface area contributed by atoms with E-state index in [9.17, 15) is 14.4 Å². The van der Waals surface area contributed by atoms with Crippen molar-refractivity contribution in [1.29, 1.82) is 0 Å². The molecular weight excluding hydrogens is 220 g/mol. The van der Waals surface area contributed by atoms with Crippen LogP contribution in [0.3, 0.4) is 0 Å². The summed E-state index contributed by atoms with van der Waals surface area (Å²) in [4.78, 5) is 31.5. The Morgan fingerprint density at radius 3 is 2.53 bits per heavy atom. The molecule has 1 unspecified atom stereocenters. The summed E-state index contributed by atoms with van der Waals surface area (Å²) in [7, 11) is 0. The van der Waals surface area contributed by atoms with E-state index in [-0.39, 0.29) is 18.1 Å². The van der Waals surface area contributed by atoms with E-state index < -0.39 is 17.9 Å². The van der Waals surface area contributed by atoms with Crippen LogP contribution in [0, 0.1) is 0 Å². The summed E-state index contributed by atoms with van der Waals surface area (Å²) in [6.45, 7) is 1.77.